The van der Waals surface area contributed by atoms with Crippen LogP contribution in [-0.2, 0) is 20.7 Å². The van der Waals surface area contributed by atoms with Gasteiger partial charge in [0.1, 0.15) is 5.92 Å². The Morgan fingerprint density at radius 2 is 1.72 bits per heavy atom. The number of Topliss-reactive ketones (excluding diaryl/α,β-unsaturated/α-hetero) is 1. The number of aliphatic imine (C=N–C) groups is 1. The molecule has 0 saturated carbocycles. The summed E-state index contributed by atoms with van der Waals surface area (Å²) in [5.74, 6) is -0.992. The number of ether oxygens (including phenoxy) is 1. The molecule has 0 aromatic heterocycles. The molecule has 1 aliphatic carbocycles. The summed E-state index contributed by atoms with van der Waals surface area (Å²) in [6.07, 6.45) is 2.86. The van der Waals surface area contributed by atoms with E-state index in [1.54, 1.807) is 0 Å². The van der Waals surface area contributed by atoms with E-state index in [0.29, 0.717) is 25.0 Å². The molecular formula is C28H31NO3. The Hall–Kier alpha value is -3.01. The van der Waals surface area contributed by atoms with Gasteiger partial charge in [-0.2, -0.15) is 0 Å². The van der Waals surface area contributed by atoms with E-state index < -0.39 is 5.92 Å². The van der Waals surface area contributed by atoms with Crippen molar-refractivity contribution < 1.29 is 14.3 Å². The third kappa shape index (κ3) is 4.32. The van der Waals surface area contributed by atoms with E-state index >= 15 is 0 Å². The zero-order valence-corrected chi connectivity index (χ0v) is 19.1. The average molecular weight is 430 g/mol. The highest BCUT2D eigenvalue weighted by molar-refractivity contribution is 6.09. The van der Waals surface area contributed by atoms with E-state index in [4.69, 9.17) is 9.73 Å². The minimum atomic E-state index is -0.565. The van der Waals surface area contributed by atoms with Gasteiger partial charge in [-0.1, -0.05) is 68.4 Å². The minimum Gasteiger partial charge on any atom is -0.465 e. The Labute approximate surface area is 190 Å². The van der Waals surface area contributed by atoms with Crippen molar-refractivity contribution in [3.05, 3.63) is 82.6 Å². The maximum atomic E-state index is 13.5. The highest BCUT2D eigenvalue weighted by atomic mass is 16.5. The SMILES string of the molecule is CCCOC(=O)C1C(C)=NC2=C(C(=O)C[C@H](c3ccccc3)C2)[C@H]1c1ccc(CC)cc1. The van der Waals surface area contributed by atoms with Crippen molar-refractivity contribution in [1.29, 1.82) is 0 Å². The first-order valence-electron chi connectivity index (χ1n) is 11.6. The number of hydrogen-bond donors (Lipinski definition) is 0. The van der Waals surface area contributed by atoms with Gasteiger partial charge in [0.15, 0.2) is 5.78 Å². The van der Waals surface area contributed by atoms with E-state index in [0.717, 1.165) is 35.4 Å². The van der Waals surface area contributed by atoms with Crippen LogP contribution < -0.4 is 0 Å². The van der Waals surface area contributed by atoms with Crippen molar-refractivity contribution in [2.75, 3.05) is 6.61 Å². The maximum absolute atomic E-state index is 13.5. The molecule has 0 spiro atoms. The van der Waals surface area contributed by atoms with Gasteiger partial charge in [0.05, 0.1) is 6.61 Å². The minimum absolute atomic E-state index is 0.0919. The van der Waals surface area contributed by atoms with Gasteiger partial charge >= 0.3 is 5.97 Å². The number of carbonyl (C=O) groups is 2. The quantitative estimate of drug-likeness (QED) is 0.547. The van der Waals surface area contributed by atoms with Gasteiger partial charge in [-0.25, -0.2) is 0 Å². The van der Waals surface area contributed by atoms with Gasteiger partial charge < -0.3 is 4.74 Å². The first kappa shape index (κ1) is 22.2. The normalized spacial score (nSPS) is 22.9. The van der Waals surface area contributed by atoms with Gasteiger partial charge in [0, 0.05) is 29.3 Å². The lowest BCUT2D eigenvalue weighted by Gasteiger charge is -2.36. The predicted molar refractivity (Wildman–Crippen MR) is 127 cm³/mol. The van der Waals surface area contributed by atoms with Crippen LogP contribution in [0.5, 0.6) is 0 Å². The molecule has 2 aliphatic rings. The number of aryl methyl sites for hydroxylation is 1. The van der Waals surface area contributed by atoms with Crippen molar-refractivity contribution in [1.82, 2.24) is 0 Å². The molecule has 2 aromatic carbocycles. The van der Waals surface area contributed by atoms with E-state index in [9.17, 15) is 9.59 Å². The van der Waals surface area contributed by atoms with E-state index in [2.05, 4.69) is 43.3 Å². The van der Waals surface area contributed by atoms with Crippen LogP contribution in [0.15, 0.2) is 70.9 Å². The number of ketones is 1. The molecule has 32 heavy (non-hydrogen) atoms. The Bertz CT molecular complexity index is 1050. The fourth-order valence-corrected chi connectivity index (χ4v) is 4.94. The fourth-order valence-electron chi connectivity index (χ4n) is 4.94. The van der Waals surface area contributed by atoms with Gasteiger partial charge in [-0.05, 0) is 48.8 Å². The molecule has 4 rings (SSSR count). The van der Waals surface area contributed by atoms with E-state index in [1.807, 2.05) is 32.0 Å². The summed E-state index contributed by atoms with van der Waals surface area (Å²) in [6.45, 7) is 6.36. The Morgan fingerprint density at radius 1 is 1.00 bits per heavy atom. The maximum Gasteiger partial charge on any atom is 0.315 e. The van der Waals surface area contributed by atoms with Crippen LogP contribution in [-0.4, -0.2) is 24.1 Å². The molecule has 166 valence electrons. The Balaban J connectivity index is 1.77. The van der Waals surface area contributed by atoms with Crippen LogP contribution in [0.2, 0.25) is 0 Å². The van der Waals surface area contributed by atoms with Gasteiger partial charge in [-0.15, -0.1) is 0 Å². The van der Waals surface area contributed by atoms with Crippen molar-refractivity contribution in [2.45, 2.75) is 58.3 Å². The van der Waals surface area contributed by atoms with E-state index in [-0.39, 0.29) is 23.6 Å². The molecule has 1 aliphatic heterocycles. The molecule has 0 radical (unpaired) electrons. The van der Waals surface area contributed by atoms with Crippen LogP contribution in [0.4, 0.5) is 0 Å². The molecule has 0 fully saturated rings. The summed E-state index contributed by atoms with van der Waals surface area (Å²) < 4.78 is 5.55. The lowest BCUT2D eigenvalue weighted by molar-refractivity contribution is -0.146. The van der Waals surface area contributed by atoms with Crippen LogP contribution >= 0.6 is 0 Å². The predicted octanol–water partition coefficient (Wildman–Crippen LogP) is 5.78. The zero-order valence-electron chi connectivity index (χ0n) is 19.1. The van der Waals surface area contributed by atoms with E-state index in [1.165, 1.54) is 5.56 Å². The standard InChI is InChI=1S/C28H31NO3/c1-4-15-32-28(31)25-18(3)29-23-16-22(20-9-7-6-8-10-20)17-24(30)27(23)26(25)21-13-11-19(5-2)12-14-21/h6-14,22,25-26H,4-5,15-17H2,1-3H3/t22-,25?,26+/m1/s1. The van der Waals surface area contributed by atoms with Crippen LogP contribution in [0, 0.1) is 5.92 Å². The number of nitrogens with zero attached hydrogens (tertiary/aromatic N) is 1. The van der Waals surface area contributed by atoms with Crippen LogP contribution in [0.25, 0.3) is 0 Å². The second-order valence-electron chi connectivity index (χ2n) is 8.77. The topological polar surface area (TPSA) is 55.7 Å². The third-order valence-electron chi connectivity index (χ3n) is 6.61. The molecule has 0 saturated heterocycles. The number of allylic oxidation sites excluding steroid dienone is 2. The highest BCUT2D eigenvalue weighted by Gasteiger charge is 2.44. The first-order chi connectivity index (χ1) is 15.5. The molecule has 2 aromatic rings. The molecule has 4 heteroatoms. The summed E-state index contributed by atoms with van der Waals surface area (Å²) in [5.41, 5.74) is 5.63. The molecule has 0 bridgehead atoms. The Kier molecular flexibility index (Phi) is 6.69. The number of rotatable bonds is 6. The number of hydrogen-bond acceptors (Lipinski definition) is 4. The number of benzene rings is 2. The molecule has 0 N–H and O–H groups in total. The molecule has 0 amide bonds. The average Bonchev–Trinajstić information content (AvgIpc) is 2.82. The van der Waals surface area contributed by atoms with Crippen molar-refractivity contribution in [3.63, 3.8) is 0 Å². The zero-order chi connectivity index (χ0) is 22.7. The molecule has 1 unspecified atom stereocenters. The third-order valence-corrected chi connectivity index (χ3v) is 6.61. The first-order valence-corrected chi connectivity index (χ1v) is 11.6. The van der Waals surface area contributed by atoms with Crippen LogP contribution in [0.1, 0.15) is 68.6 Å². The van der Waals surface area contributed by atoms with Crippen molar-refractivity contribution >= 4 is 17.5 Å². The molecule has 4 nitrogen and oxygen atoms in total. The van der Waals surface area contributed by atoms with Gasteiger partial charge in [0.25, 0.3) is 0 Å². The number of carbonyl (C=O) groups excluding carboxylic acids is 2. The highest BCUT2D eigenvalue weighted by Crippen LogP contribution is 2.46. The summed E-state index contributed by atoms with van der Waals surface area (Å²) in [7, 11) is 0. The second-order valence-corrected chi connectivity index (χ2v) is 8.77. The lowest BCUT2D eigenvalue weighted by Crippen LogP contribution is -2.38. The van der Waals surface area contributed by atoms with Crippen molar-refractivity contribution in [3.8, 4) is 0 Å². The monoisotopic (exact) mass is 429 g/mol. The van der Waals surface area contributed by atoms with Gasteiger partial charge in [-0.3, -0.25) is 14.6 Å². The largest absolute Gasteiger partial charge is 0.465 e. The summed E-state index contributed by atoms with van der Waals surface area (Å²) in [6, 6.07) is 18.5. The molecular weight excluding hydrogens is 398 g/mol. The molecule has 3 atom stereocenters. The van der Waals surface area contributed by atoms with Crippen LogP contribution in [0.3, 0.4) is 0 Å². The summed E-state index contributed by atoms with van der Waals surface area (Å²) in [5, 5.41) is 0. The number of esters is 1. The molecule has 1 heterocycles. The lowest BCUT2D eigenvalue weighted by atomic mass is 9.69. The summed E-state index contributed by atoms with van der Waals surface area (Å²) in [4.78, 5) is 31.5. The summed E-state index contributed by atoms with van der Waals surface area (Å²) >= 11 is 0. The van der Waals surface area contributed by atoms with Crippen molar-refractivity contribution in [2.24, 2.45) is 10.9 Å². The Morgan fingerprint density at radius 3 is 2.38 bits per heavy atom. The fraction of sp³-hybridized carbons (Fsp3) is 0.393. The smallest absolute Gasteiger partial charge is 0.315 e. The second kappa shape index (κ2) is 9.64. The van der Waals surface area contributed by atoms with Gasteiger partial charge in [0.2, 0.25) is 0 Å².